The fourth-order valence-electron chi connectivity index (χ4n) is 4.52. The first kappa shape index (κ1) is 41.5. The number of amides is 2. The Morgan fingerprint density at radius 1 is 0.882 bits per heavy atom. The van der Waals surface area contributed by atoms with E-state index in [9.17, 15) is 14.7 Å². The summed E-state index contributed by atoms with van der Waals surface area (Å²) in [6.45, 7) is 5.43. The summed E-state index contributed by atoms with van der Waals surface area (Å²) in [5.41, 5.74) is 14.1. The van der Waals surface area contributed by atoms with Crippen molar-refractivity contribution in [2.45, 2.75) is 25.4 Å². The van der Waals surface area contributed by atoms with E-state index in [1.807, 2.05) is 18.2 Å². The number of aromatic nitrogens is 4. The van der Waals surface area contributed by atoms with Crippen LogP contribution in [0.15, 0.2) is 30.5 Å². The third kappa shape index (κ3) is 16.3. The van der Waals surface area contributed by atoms with Crippen LogP contribution in [0.2, 0.25) is 0 Å². The molecule has 17 nitrogen and oxygen atoms in total. The third-order valence-corrected chi connectivity index (χ3v) is 7.81. The monoisotopic (exact) mass is 733 g/mol. The normalized spacial score (nSPS) is 11.8. The van der Waals surface area contributed by atoms with Crippen LogP contribution in [0, 0.1) is 0 Å². The number of aliphatic hydroxyl groups is 1. The number of nitrogens with two attached hydrogens (primary N) is 2. The van der Waals surface area contributed by atoms with Crippen molar-refractivity contribution in [3.8, 4) is 0 Å². The molecule has 2 aromatic heterocycles. The van der Waals surface area contributed by atoms with Crippen molar-refractivity contribution in [2.75, 3.05) is 115 Å². The predicted molar refractivity (Wildman–Crippen MR) is 196 cm³/mol. The minimum absolute atomic E-state index is 0.0325. The van der Waals surface area contributed by atoms with Gasteiger partial charge in [0.1, 0.15) is 0 Å². The van der Waals surface area contributed by atoms with Crippen LogP contribution in [0.5, 0.6) is 0 Å². The molecule has 1 atom stereocenters. The van der Waals surface area contributed by atoms with Crippen molar-refractivity contribution in [1.29, 1.82) is 0 Å². The van der Waals surface area contributed by atoms with Crippen molar-refractivity contribution in [3.05, 3.63) is 41.7 Å². The number of thioether (sulfide) groups is 1. The van der Waals surface area contributed by atoms with Crippen LogP contribution in [0.4, 0.5) is 17.5 Å². The fourth-order valence-corrected chi connectivity index (χ4v) is 4.80. The Morgan fingerprint density at radius 3 is 2.10 bits per heavy atom. The van der Waals surface area contributed by atoms with Crippen LogP contribution < -0.4 is 27.0 Å². The summed E-state index contributed by atoms with van der Waals surface area (Å²) in [7, 11) is 1.88. The zero-order valence-electron chi connectivity index (χ0n) is 29.4. The van der Waals surface area contributed by atoms with E-state index in [-0.39, 0.29) is 43.0 Å². The first-order chi connectivity index (χ1) is 24.8. The number of benzene rings is 1. The number of hydrogen-bond donors (Lipinski definition) is 5. The summed E-state index contributed by atoms with van der Waals surface area (Å²) < 4.78 is 27.2. The van der Waals surface area contributed by atoms with Gasteiger partial charge < -0.3 is 55.8 Å². The van der Waals surface area contributed by atoms with E-state index in [1.54, 1.807) is 42.2 Å². The van der Waals surface area contributed by atoms with Gasteiger partial charge >= 0.3 is 0 Å². The van der Waals surface area contributed by atoms with E-state index < -0.39 is 6.04 Å². The van der Waals surface area contributed by atoms with Crippen LogP contribution in [-0.4, -0.2) is 141 Å². The molecule has 1 unspecified atom stereocenters. The summed E-state index contributed by atoms with van der Waals surface area (Å²) in [5, 5.41) is 15.4. The Morgan fingerprint density at radius 2 is 1.49 bits per heavy atom. The summed E-state index contributed by atoms with van der Waals surface area (Å²) in [6, 6.07) is 6.40. The molecule has 2 heterocycles. The summed E-state index contributed by atoms with van der Waals surface area (Å²) in [4.78, 5) is 43.8. The molecule has 0 bridgehead atoms. The minimum Gasteiger partial charge on any atom is -0.394 e. The van der Waals surface area contributed by atoms with Crippen LogP contribution in [0.1, 0.15) is 28.9 Å². The molecule has 0 fully saturated rings. The fraction of sp³-hybridized carbons (Fsp3) is 0.576. The number of fused-ring (bicyclic) bond motifs is 1. The standard InChI is InChI=1S/C33H51N9O8S/c1-42(22-26-21-37-31-29(38-26)30(34)40-33(35)41-31)27-6-3-24(4-7-27)32(45)39-25(23-43)5-8-28(44)36-9-10-46-11-12-47-13-14-48-15-16-49-17-18-50-19-20-51-2/h3-4,6-7,21,25,43H,5,8-20,22-23H2,1-2H3,(H,36,44)(H,39,45)(H4,34,35,37,40,41). The Bertz CT molecular complexity index is 1460. The molecule has 0 aliphatic rings. The second kappa shape index (κ2) is 24.3. The van der Waals surface area contributed by atoms with Crippen molar-refractivity contribution in [3.63, 3.8) is 0 Å². The first-order valence-electron chi connectivity index (χ1n) is 16.7. The molecule has 282 valence electrons. The molecule has 3 rings (SSSR count). The van der Waals surface area contributed by atoms with E-state index in [0.29, 0.717) is 95.0 Å². The van der Waals surface area contributed by atoms with Gasteiger partial charge in [-0.25, -0.2) is 9.97 Å². The average Bonchev–Trinajstić information content (AvgIpc) is 3.13. The second-order valence-corrected chi connectivity index (χ2v) is 12.2. The molecule has 0 spiro atoms. The number of carbonyl (C=O) groups excluding carboxylic acids is 2. The molecule has 1 aromatic carbocycles. The van der Waals surface area contributed by atoms with Crippen molar-refractivity contribution < 1.29 is 38.4 Å². The number of aliphatic hydroxyl groups excluding tert-OH is 1. The lowest BCUT2D eigenvalue weighted by molar-refractivity contribution is -0.121. The zero-order valence-corrected chi connectivity index (χ0v) is 30.2. The van der Waals surface area contributed by atoms with Gasteiger partial charge in [-0.15, -0.1) is 0 Å². The van der Waals surface area contributed by atoms with Gasteiger partial charge in [-0.3, -0.25) is 9.59 Å². The molecular formula is C33H51N9O8S. The van der Waals surface area contributed by atoms with E-state index in [0.717, 1.165) is 18.0 Å². The van der Waals surface area contributed by atoms with Gasteiger partial charge in [-0.2, -0.15) is 21.7 Å². The Balaban J connectivity index is 1.22. The topological polar surface area (TPSA) is 231 Å². The molecule has 2 amide bonds. The molecule has 0 aliphatic heterocycles. The van der Waals surface area contributed by atoms with Gasteiger partial charge in [-0.1, -0.05) is 0 Å². The Labute approximate surface area is 302 Å². The molecule has 18 heteroatoms. The molecule has 51 heavy (non-hydrogen) atoms. The number of rotatable bonds is 27. The lowest BCUT2D eigenvalue weighted by Gasteiger charge is -2.20. The number of ether oxygens (including phenoxy) is 5. The smallest absolute Gasteiger partial charge is 0.251 e. The molecular weight excluding hydrogens is 682 g/mol. The van der Waals surface area contributed by atoms with E-state index in [4.69, 9.17) is 35.2 Å². The SMILES string of the molecule is CSCCOCCOCCOCCOCCOCCNC(=O)CCC(CO)NC(=O)c1ccc(N(C)Cc2cnc3nc(N)nc(N)c3n2)cc1. The Kier molecular flexibility index (Phi) is 19.8. The lowest BCUT2D eigenvalue weighted by Crippen LogP contribution is -2.38. The number of hydrogen-bond acceptors (Lipinski definition) is 16. The predicted octanol–water partition coefficient (Wildman–Crippen LogP) is 0.654. The summed E-state index contributed by atoms with van der Waals surface area (Å²) in [5.74, 6) is 0.622. The van der Waals surface area contributed by atoms with E-state index in [2.05, 4.69) is 30.6 Å². The first-order valence-corrected chi connectivity index (χ1v) is 18.1. The molecule has 3 aromatic rings. The van der Waals surface area contributed by atoms with Crippen LogP contribution >= 0.6 is 11.8 Å². The summed E-state index contributed by atoms with van der Waals surface area (Å²) >= 11 is 1.75. The average molecular weight is 734 g/mol. The highest BCUT2D eigenvalue weighted by molar-refractivity contribution is 7.98. The molecule has 0 radical (unpaired) electrons. The van der Waals surface area contributed by atoms with Gasteiger partial charge in [0.25, 0.3) is 5.91 Å². The van der Waals surface area contributed by atoms with Crippen LogP contribution in [0.3, 0.4) is 0 Å². The highest BCUT2D eigenvalue weighted by Gasteiger charge is 2.16. The minimum atomic E-state index is -0.581. The van der Waals surface area contributed by atoms with Crippen molar-refractivity contribution >= 4 is 52.2 Å². The number of anilines is 3. The Hall–Kier alpha value is -3.91. The second-order valence-electron chi connectivity index (χ2n) is 11.2. The maximum absolute atomic E-state index is 12.8. The quantitative estimate of drug-likeness (QED) is 0.0677. The molecule has 7 N–H and O–H groups in total. The largest absolute Gasteiger partial charge is 0.394 e. The number of nitrogens with zero attached hydrogens (tertiary/aromatic N) is 5. The number of nitrogens with one attached hydrogen (secondary N) is 2. The van der Waals surface area contributed by atoms with Gasteiger partial charge in [0.15, 0.2) is 17.0 Å². The van der Waals surface area contributed by atoms with Gasteiger partial charge in [-0.05, 0) is 36.9 Å². The summed E-state index contributed by atoms with van der Waals surface area (Å²) in [6.07, 6.45) is 4.06. The third-order valence-electron chi connectivity index (χ3n) is 7.23. The molecule has 0 saturated heterocycles. The van der Waals surface area contributed by atoms with Crippen LogP contribution in [0.25, 0.3) is 11.2 Å². The highest BCUT2D eigenvalue weighted by Crippen LogP contribution is 2.19. The zero-order chi connectivity index (χ0) is 36.7. The van der Waals surface area contributed by atoms with Crippen LogP contribution in [-0.2, 0) is 35.0 Å². The van der Waals surface area contributed by atoms with E-state index >= 15 is 0 Å². The van der Waals surface area contributed by atoms with Gasteiger partial charge in [0.2, 0.25) is 11.9 Å². The van der Waals surface area contributed by atoms with Crippen molar-refractivity contribution in [1.82, 2.24) is 30.6 Å². The van der Waals surface area contributed by atoms with E-state index in [1.165, 1.54) is 0 Å². The molecule has 0 aliphatic carbocycles. The lowest BCUT2D eigenvalue weighted by atomic mass is 10.1. The molecule has 0 saturated carbocycles. The number of carbonyl (C=O) groups is 2. The maximum Gasteiger partial charge on any atom is 0.251 e. The number of nitrogen functional groups attached to an aromatic ring is 2. The van der Waals surface area contributed by atoms with Gasteiger partial charge in [0, 0.05) is 37.0 Å². The van der Waals surface area contributed by atoms with Crippen molar-refractivity contribution in [2.24, 2.45) is 0 Å². The maximum atomic E-state index is 12.8. The van der Waals surface area contributed by atoms with Gasteiger partial charge in [0.05, 0.1) is 97.2 Å². The highest BCUT2D eigenvalue weighted by atomic mass is 32.2.